The maximum atomic E-state index is 12.4. The molecule has 0 unspecified atom stereocenters. The second kappa shape index (κ2) is 9.05. The van der Waals surface area contributed by atoms with E-state index in [-0.39, 0.29) is 6.03 Å². The molecule has 2 aliphatic rings. The first-order chi connectivity index (χ1) is 15.7. The molecule has 164 valence electrons. The second-order valence-corrected chi connectivity index (χ2v) is 8.79. The molecule has 0 spiro atoms. The number of amides is 2. The molecule has 32 heavy (non-hydrogen) atoms. The SMILES string of the molecule is O=C(NCc1ccc(N2CCC(CO)CC2)cc1)Nc1ccc2c(c1)Cc1ccccc1-2. The van der Waals surface area contributed by atoms with E-state index >= 15 is 0 Å². The van der Waals surface area contributed by atoms with Gasteiger partial charge in [-0.2, -0.15) is 0 Å². The number of piperidine rings is 1. The van der Waals surface area contributed by atoms with Crippen LogP contribution in [0.2, 0.25) is 0 Å². The van der Waals surface area contributed by atoms with Crippen LogP contribution in [-0.2, 0) is 13.0 Å². The fraction of sp³-hybridized carbons (Fsp3) is 0.296. The van der Waals surface area contributed by atoms with E-state index in [1.54, 1.807) is 0 Å². The number of aliphatic hydroxyl groups is 1. The predicted molar refractivity (Wildman–Crippen MR) is 129 cm³/mol. The number of aliphatic hydroxyl groups excluding tert-OH is 1. The van der Waals surface area contributed by atoms with Crippen molar-refractivity contribution < 1.29 is 9.90 Å². The summed E-state index contributed by atoms with van der Waals surface area (Å²) in [5.41, 5.74) is 8.22. The lowest BCUT2D eigenvalue weighted by Gasteiger charge is -2.33. The summed E-state index contributed by atoms with van der Waals surface area (Å²) in [6.07, 6.45) is 2.98. The van der Waals surface area contributed by atoms with Gasteiger partial charge >= 0.3 is 6.03 Å². The highest BCUT2D eigenvalue weighted by atomic mass is 16.3. The topological polar surface area (TPSA) is 64.6 Å². The minimum Gasteiger partial charge on any atom is -0.396 e. The van der Waals surface area contributed by atoms with Gasteiger partial charge in [0.2, 0.25) is 0 Å². The summed E-state index contributed by atoms with van der Waals surface area (Å²) in [4.78, 5) is 14.8. The lowest BCUT2D eigenvalue weighted by Crippen LogP contribution is -2.34. The van der Waals surface area contributed by atoms with Gasteiger partial charge in [0.1, 0.15) is 0 Å². The Morgan fingerprint density at radius 1 is 0.938 bits per heavy atom. The molecule has 3 aromatic rings. The summed E-state index contributed by atoms with van der Waals surface area (Å²) < 4.78 is 0. The molecular formula is C27H29N3O2. The summed E-state index contributed by atoms with van der Waals surface area (Å²) in [6, 6.07) is 22.8. The van der Waals surface area contributed by atoms with Gasteiger partial charge in [-0.15, -0.1) is 0 Å². The first-order valence-corrected chi connectivity index (χ1v) is 11.4. The summed E-state index contributed by atoms with van der Waals surface area (Å²) in [6.45, 7) is 2.74. The second-order valence-electron chi connectivity index (χ2n) is 8.79. The fourth-order valence-corrected chi connectivity index (χ4v) is 4.78. The normalized spacial score (nSPS) is 15.2. The minimum atomic E-state index is -0.199. The van der Waals surface area contributed by atoms with Crippen LogP contribution in [0.15, 0.2) is 66.7 Å². The molecule has 5 rings (SSSR count). The summed E-state index contributed by atoms with van der Waals surface area (Å²) in [7, 11) is 0. The number of benzene rings is 3. The summed E-state index contributed by atoms with van der Waals surface area (Å²) >= 11 is 0. The standard InChI is InChI=1S/C27H29N3O2/c31-18-20-11-13-30(14-12-20)24-8-5-19(6-9-24)17-28-27(32)29-23-7-10-26-22(16-23)15-21-3-1-2-4-25(21)26/h1-10,16,20,31H,11-15,17-18H2,(H2,28,29,32). The van der Waals surface area contributed by atoms with Gasteiger partial charge in [-0.25, -0.2) is 4.79 Å². The van der Waals surface area contributed by atoms with Crippen LogP contribution in [0.5, 0.6) is 0 Å². The summed E-state index contributed by atoms with van der Waals surface area (Å²) in [5, 5.41) is 15.2. The third-order valence-electron chi connectivity index (χ3n) is 6.68. The average molecular weight is 428 g/mol. The number of carbonyl (C=O) groups is 1. The molecule has 5 nitrogen and oxygen atoms in total. The van der Waals surface area contributed by atoms with Gasteiger partial charge in [0.25, 0.3) is 0 Å². The largest absolute Gasteiger partial charge is 0.396 e. The molecule has 1 aliphatic carbocycles. The van der Waals surface area contributed by atoms with E-state index in [0.29, 0.717) is 19.1 Å². The molecule has 1 fully saturated rings. The van der Waals surface area contributed by atoms with E-state index in [4.69, 9.17) is 0 Å². The van der Waals surface area contributed by atoms with Gasteiger partial charge in [0, 0.05) is 37.6 Å². The molecule has 2 amide bonds. The van der Waals surface area contributed by atoms with Crippen molar-refractivity contribution in [3.63, 3.8) is 0 Å². The van der Waals surface area contributed by atoms with Crippen LogP contribution in [0.1, 0.15) is 29.5 Å². The Kier molecular flexibility index (Phi) is 5.82. The van der Waals surface area contributed by atoms with Gasteiger partial charge in [0.15, 0.2) is 0 Å². The predicted octanol–water partition coefficient (Wildman–Crippen LogP) is 4.79. The molecule has 1 heterocycles. The molecule has 3 aromatic carbocycles. The maximum Gasteiger partial charge on any atom is 0.319 e. The molecule has 0 bridgehead atoms. The molecule has 0 radical (unpaired) electrons. The number of fused-ring (bicyclic) bond motifs is 3. The van der Waals surface area contributed by atoms with E-state index < -0.39 is 0 Å². The van der Waals surface area contributed by atoms with Crippen LogP contribution in [0.3, 0.4) is 0 Å². The lowest BCUT2D eigenvalue weighted by atomic mass is 9.97. The van der Waals surface area contributed by atoms with Crippen molar-refractivity contribution in [1.82, 2.24) is 5.32 Å². The average Bonchev–Trinajstić information content (AvgIpc) is 3.21. The lowest BCUT2D eigenvalue weighted by molar-refractivity contribution is 0.203. The van der Waals surface area contributed by atoms with Crippen LogP contribution < -0.4 is 15.5 Å². The highest BCUT2D eigenvalue weighted by molar-refractivity contribution is 5.90. The molecular weight excluding hydrogens is 398 g/mol. The van der Waals surface area contributed by atoms with Crippen LogP contribution in [0.25, 0.3) is 11.1 Å². The van der Waals surface area contributed by atoms with Gasteiger partial charge in [0.05, 0.1) is 0 Å². The van der Waals surface area contributed by atoms with E-state index in [0.717, 1.165) is 43.6 Å². The van der Waals surface area contributed by atoms with Crippen LogP contribution in [0, 0.1) is 5.92 Å². The van der Waals surface area contributed by atoms with Gasteiger partial charge in [-0.3, -0.25) is 0 Å². The van der Waals surface area contributed by atoms with Crippen molar-refractivity contribution in [2.24, 2.45) is 5.92 Å². The third-order valence-corrected chi connectivity index (χ3v) is 6.68. The molecule has 1 aliphatic heterocycles. The zero-order valence-electron chi connectivity index (χ0n) is 18.2. The van der Waals surface area contributed by atoms with E-state index in [1.807, 2.05) is 6.07 Å². The number of hydrogen-bond acceptors (Lipinski definition) is 3. The Hall–Kier alpha value is -3.31. The van der Waals surface area contributed by atoms with E-state index in [9.17, 15) is 9.90 Å². The highest BCUT2D eigenvalue weighted by Crippen LogP contribution is 2.37. The monoisotopic (exact) mass is 427 g/mol. The Morgan fingerprint density at radius 3 is 2.47 bits per heavy atom. The number of urea groups is 1. The zero-order chi connectivity index (χ0) is 21.9. The number of carbonyl (C=O) groups excluding carboxylic acids is 1. The van der Waals surface area contributed by atoms with Crippen LogP contribution in [0.4, 0.5) is 16.2 Å². The number of rotatable bonds is 5. The number of anilines is 2. The van der Waals surface area contributed by atoms with Crippen molar-refractivity contribution in [1.29, 1.82) is 0 Å². The molecule has 5 heteroatoms. The third kappa shape index (κ3) is 4.34. The Balaban J connectivity index is 1.14. The highest BCUT2D eigenvalue weighted by Gasteiger charge is 2.19. The van der Waals surface area contributed by atoms with E-state index in [2.05, 4.69) is 76.2 Å². The fourth-order valence-electron chi connectivity index (χ4n) is 4.78. The zero-order valence-corrected chi connectivity index (χ0v) is 18.2. The Labute approximate surface area is 189 Å². The first kappa shape index (κ1) is 20.6. The van der Waals surface area contributed by atoms with Gasteiger partial charge < -0.3 is 20.6 Å². The van der Waals surface area contributed by atoms with Crippen molar-refractivity contribution in [3.8, 4) is 11.1 Å². The number of nitrogens with zero attached hydrogens (tertiary/aromatic N) is 1. The van der Waals surface area contributed by atoms with Gasteiger partial charge in [-0.05, 0) is 77.3 Å². The molecule has 3 N–H and O–H groups in total. The smallest absolute Gasteiger partial charge is 0.319 e. The van der Waals surface area contributed by atoms with Crippen molar-refractivity contribution in [2.45, 2.75) is 25.8 Å². The van der Waals surface area contributed by atoms with Crippen molar-refractivity contribution in [3.05, 3.63) is 83.4 Å². The van der Waals surface area contributed by atoms with Crippen molar-refractivity contribution in [2.75, 3.05) is 29.9 Å². The minimum absolute atomic E-state index is 0.199. The molecule has 0 saturated carbocycles. The molecule has 0 atom stereocenters. The Bertz CT molecular complexity index is 1100. The number of hydrogen-bond donors (Lipinski definition) is 3. The maximum absolute atomic E-state index is 12.4. The van der Waals surface area contributed by atoms with Gasteiger partial charge in [-0.1, -0.05) is 42.5 Å². The quantitative estimate of drug-likeness (QED) is 0.429. The van der Waals surface area contributed by atoms with Crippen LogP contribution in [-0.4, -0.2) is 30.8 Å². The Morgan fingerprint density at radius 2 is 1.69 bits per heavy atom. The molecule has 0 aromatic heterocycles. The molecule has 1 saturated heterocycles. The van der Waals surface area contributed by atoms with Crippen LogP contribution >= 0.6 is 0 Å². The number of nitrogens with one attached hydrogen (secondary N) is 2. The van der Waals surface area contributed by atoms with E-state index in [1.165, 1.54) is 27.9 Å². The summed E-state index contributed by atoms with van der Waals surface area (Å²) in [5.74, 6) is 0.439. The first-order valence-electron chi connectivity index (χ1n) is 11.4. The van der Waals surface area contributed by atoms with Crippen molar-refractivity contribution >= 4 is 17.4 Å².